The van der Waals surface area contributed by atoms with Crippen molar-refractivity contribution in [3.63, 3.8) is 0 Å². The number of amides is 2. The molecule has 170 valence electrons. The van der Waals surface area contributed by atoms with E-state index in [9.17, 15) is 9.59 Å². The number of carbonyl (C=O) groups excluding carboxylic acids is 2. The average Bonchev–Trinajstić information content (AvgIpc) is 3.23. The third kappa shape index (κ3) is 4.68. The molecule has 0 saturated carbocycles. The summed E-state index contributed by atoms with van der Waals surface area (Å²) < 4.78 is 7.19. The number of piperazine rings is 1. The van der Waals surface area contributed by atoms with E-state index < -0.39 is 0 Å². The van der Waals surface area contributed by atoms with E-state index in [2.05, 4.69) is 10.4 Å². The molecular weight excluding hydrogens is 410 g/mol. The SMILES string of the molecule is CCNC(=NCCCN1C(=O)COc2ccccc21)N1CCN(c2cnn(C)c2)C(=O)C1. The molecule has 1 aromatic heterocycles. The van der Waals surface area contributed by atoms with Gasteiger partial charge in [-0.2, -0.15) is 5.10 Å². The van der Waals surface area contributed by atoms with Crippen molar-refractivity contribution in [2.24, 2.45) is 12.0 Å². The van der Waals surface area contributed by atoms with Crippen LogP contribution in [0.2, 0.25) is 0 Å². The highest BCUT2D eigenvalue weighted by atomic mass is 16.5. The number of para-hydroxylation sites is 2. The summed E-state index contributed by atoms with van der Waals surface area (Å²) in [5.74, 6) is 1.43. The van der Waals surface area contributed by atoms with E-state index >= 15 is 0 Å². The molecule has 1 N–H and O–H groups in total. The predicted molar refractivity (Wildman–Crippen MR) is 122 cm³/mol. The Morgan fingerprint density at radius 1 is 1.22 bits per heavy atom. The maximum Gasteiger partial charge on any atom is 0.265 e. The van der Waals surface area contributed by atoms with Crippen LogP contribution in [-0.4, -0.2) is 78.3 Å². The average molecular weight is 440 g/mol. The van der Waals surface area contributed by atoms with E-state index in [1.54, 1.807) is 20.7 Å². The van der Waals surface area contributed by atoms with Crippen LogP contribution >= 0.6 is 0 Å². The topological polar surface area (TPSA) is 95.3 Å². The van der Waals surface area contributed by atoms with Crippen LogP contribution in [0.25, 0.3) is 0 Å². The van der Waals surface area contributed by atoms with Gasteiger partial charge in [-0.15, -0.1) is 0 Å². The fourth-order valence-electron chi connectivity index (χ4n) is 3.91. The molecule has 0 atom stereocenters. The number of fused-ring (bicyclic) bond motifs is 1. The number of nitrogens with one attached hydrogen (secondary N) is 1. The molecule has 0 bridgehead atoms. The number of ether oxygens (including phenoxy) is 1. The summed E-state index contributed by atoms with van der Waals surface area (Å²) in [6, 6.07) is 7.57. The van der Waals surface area contributed by atoms with Gasteiger partial charge in [0, 0.05) is 46.0 Å². The van der Waals surface area contributed by atoms with Crippen molar-refractivity contribution >= 4 is 29.1 Å². The number of hydrogen-bond acceptors (Lipinski definition) is 5. The van der Waals surface area contributed by atoms with Crippen LogP contribution in [0.5, 0.6) is 5.75 Å². The summed E-state index contributed by atoms with van der Waals surface area (Å²) in [4.78, 5) is 35.3. The van der Waals surface area contributed by atoms with Gasteiger partial charge in [0.15, 0.2) is 12.6 Å². The van der Waals surface area contributed by atoms with Crippen LogP contribution in [0, 0.1) is 0 Å². The number of benzene rings is 1. The minimum Gasteiger partial charge on any atom is -0.482 e. The number of aromatic nitrogens is 2. The van der Waals surface area contributed by atoms with Crippen molar-refractivity contribution in [2.45, 2.75) is 13.3 Å². The van der Waals surface area contributed by atoms with Gasteiger partial charge in [-0.1, -0.05) is 12.1 Å². The van der Waals surface area contributed by atoms with Crippen molar-refractivity contribution in [3.05, 3.63) is 36.7 Å². The fraction of sp³-hybridized carbons (Fsp3) is 0.455. The minimum absolute atomic E-state index is 0.0189. The zero-order chi connectivity index (χ0) is 22.5. The monoisotopic (exact) mass is 439 g/mol. The van der Waals surface area contributed by atoms with Crippen LogP contribution in [0.1, 0.15) is 13.3 Å². The first-order valence-corrected chi connectivity index (χ1v) is 10.9. The van der Waals surface area contributed by atoms with Gasteiger partial charge in [0.25, 0.3) is 5.91 Å². The number of aryl methyl sites for hydroxylation is 1. The summed E-state index contributed by atoms with van der Waals surface area (Å²) in [5.41, 5.74) is 1.62. The van der Waals surface area contributed by atoms with Gasteiger partial charge in [0.1, 0.15) is 12.3 Å². The predicted octanol–water partition coefficient (Wildman–Crippen LogP) is 0.850. The van der Waals surface area contributed by atoms with Crippen LogP contribution < -0.4 is 19.9 Å². The molecule has 1 aromatic carbocycles. The van der Waals surface area contributed by atoms with Crippen molar-refractivity contribution in [1.29, 1.82) is 0 Å². The quantitative estimate of drug-likeness (QED) is 0.407. The molecule has 2 aromatic rings. The normalized spacial score (nSPS) is 16.8. The van der Waals surface area contributed by atoms with Crippen LogP contribution in [0.3, 0.4) is 0 Å². The van der Waals surface area contributed by atoms with E-state index in [1.165, 1.54) is 0 Å². The van der Waals surface area contributed by atoms with Gasteiger partial charge in [-0.3, -0.25) is 19.3 Å². The number of aliphatic imine (C=N–C) groups is 1. The van der Waals surface area contributed by atoms with Crippen LogP contribution in [-0.2, 0) is 16.6 Å². The summed E-state index contributed by atoms with van der Waals surface area (Å²) in [6.45, 7) is 5.41. The lowest BCUT2D eigenvalue weighted by atomic mass is 10.2. The first kappa shape index (κ1) is 21.7. The molecule has 0 unspecified atom stereocenters. The summed E-state index contributed by atoms with van der Waals surface area (Å²) in [6.07, 6.45) is 4.26. The molecule has 2 aliphatic heterocycles. The molecule has 0 radical (unpaired) electrons. The highest BCUT2D eigenvalue weighted by Gasteiger charge is 2.28. The van der Waals surface area contributed by atoms with Gasteiger partial charge in [-0.25, -0.2) is 0 Å². The van der Waals surface area contributed by atoms with E-state index in [-0.39, 0.29) is 25.0 Å². The van der Waals surface area contributed by atoms with Gasteiger partial charge in [-0.05, 0) is 25.5 Å². The summed E-state index contributed by atoms with van der Waals surface area (Å²) in [5, 5.41) is 7.44. The third-order valence-electron chi connectivity index (χ3n) is 5.47. The maximum absolute atomic E-state index is 12.7. The summed E-state index contributed by atoms with van der Waals surface area (Å²) >= 11 is 0. The largest absolute Gasteiger partial charge is 0.482 e. The summed E-state index contributed by atoms with van der Waals surface area (Å²) in [7, 11) is 1.84. The Morgan fingerprint density at radius 3 is 2.81 bits per heavy atom. The van der Waals surface area contributed by atoms with Gasteiger partial charge < -0.3 is 24.8 Å². The minimum atomic E-state index is -0.0447. The molecule has 0 aliphatic carbocycles. The second kappa shape index (κ2) is 9.71. The third-order valence-corrected chi connectivity index (χ3v) is 5.47. The number of carbonyl (C=O) groups is 2. The van der Waals surface area contributed by atoms with E-state index in [0.29, 0.717) is 39.1 Å². The Labute approximate surface area is 187 Å². The smallest absolute Gasteiger partial charge is 0.265 e. The number of nitrogens with zero attached hydrogens (tertiary/aromatic N) is 6. The van der Waals surface area contributed by atoms with Gasteiger partial charge in [0.2, 0.25) is 5.91 Å². The second-order valence-corrected chi connectivity index (χ2v) is 7.73. The molecule has 3 heterocycles. The van der Waals surface area contributed by atoms with Crippen molar-refractivity contribution in [1.82, 2.24) is 20.0 Å². The van der Waals surface area contributed by atoms with E-state index in [0.717, 1.165) is 23.1 Å². The molecule has 2 amide bonds. The lowest BCUT2D eigenvalue weighted by Crippen LogP contribution is -2.55. The van der Waals surface area contributed by atoms with Crippen molar-refractivity contribution < 1.29 is 14.3 Å². The van der Waals surface area contributed by atoms with Crippen LogP contribution in [0.15, 0.2) is 41.7 Å². The highest BCUT2D eigenvalue weighted by Crippen LogP contribution is 2.31. The molecular formula is C22H29N7O3. The molecule has 10 heteroatoms. The van der Waals surface area contributed by atoms with E-state index in [1.807, 2.05) is 49.3 Å². The molecule has 32 heavy (non-hydrogen) atoms. The second-order valence-electron chi connectivity index (χ2n) is 7.73. The zero-order valence-electron chi connectivity index (χ0n) is 18.5. The van der Waals surface area contributed by atoms with Gasteiger partial charge in [0.05, 0.1) is 17.6 Å². The Balaban J connectivity index is 1.35. The van der Waals surface area contributed by atoms with Crippen molar-refractivity contribution in [2.75, 3.05) is 55.7 Å². The standard InChI is InChI=1S/C22H29N7O3/c1-3-23-22(27-11-12-28(20(30)15-27)17-13-25-26(2)14-17)24-9-6-10-29-18-7-4-5-8-19(18)32-16-21(29)31/h4-5,7-8,13-14H,3,6,9-12,15-16H2,1-2H3,(H,23,24). The number of guanidine groups is 1. The first-order chi connectivity index (χ1) is 15.6. The Hall–Kier alpha value is -3.56. The Morgan fingerprint density at radius 2 is 2.06 bits per heavy atom. The maximum atomic E-state index is 12.7. The van der Waals surface area contributed by atoms with E-state index in [4.69, 9.17) is 9.73 Å². The molecule has 1 fully saturated rings. The Bertz CT molecular complexity index is 1000. The first-order valence-electron chi connectivity index (χ1n) is 10.9. The molecule has 4 rings (SSSR count). The molecule has 1 saturated heterocycles. The zero-order valence-corrected chi connectivity index (χ0v) is 18.5. The number of hydrogen-bond donors (Lipinski definition) is 1. The lowest BCUT2D eigenvalue weighted by Gasteiger charge is -2.35. The number of anilines is 2. The molecule has 10 nitrogen and oxygen atoms in total. The van der Waals surface area contributed by atoms with Crippen LogP contribution in [0.4, 0.5) is 11.4 Å². The number of rotatable bonds is 6. The Kier molecular flexibility index (Phi) is 6.58. The van der Waals surface area contributed by atoms with Crippen molar-refractivity contribution in [3.8, 4) is 5.75 Å². The highest BCUT2D eigenvalue weighted by molar-refractivity contribution is 5.98. The molecule has 2 aliphatic rings. The molecule has 0 spiro atoms. The van der Waals surface area contributed by atoms with Gasteiger partial charge >= 0.3 is 0 Å². The fourth-order valence-corrected chi connectivity index (χ4v) is 3.91. The lowest BCUT2D eigenvalue weighted by molar-refractivity contribution is -0.121.